The molecule has 1 aliphatic rings. The van der Waals surface area contributed by atoms with E-state index < -0.39 is 6.04 Å². The average Bonchev–Trinajstić information content (AvgIpc) is 2.60. The highest BCUT2D eigenvalue weighted by molar-refractivity contribution is 6.05. The molecule has 0 aromatic heterocycles. The highest BCUT2D eigenvalue weighted by Crippen LogP contribution is 2.18. The van der Waals surface area contributed by atoms with Crippen LogP contribution in [0.15, 0.2) is 24.3 Å². The number of hydrogen-bond acceptors (Lipinski definition) is 3. The molecule has 0 N–H and O–H groups in total. The summed E-state index contributed by atoms with van der Waals surface area (Å²) >= 11 is 0. The number of rotatable bonds is 3. The van der Waals surface area contributed by atoms with Crippen LogP contribution in [-0.4, -0.2) is 41.8 Å². The molecular formula is C13H15FN2O2. The van der Waals surface area contributed by atoms with Crippen LogP contribution in [0.25, 0.3) is 0 Å². The number of hydrogen-bond donors (Lipinski definition) is 0. The number of imide groups is 1. The van der Waals surface area contributed by atoms with Gasteiger partial charge in [0.2, 0.25) is 11.8 Å². The molecule has 2 amide bonds. The van der Waals surface area contributed by atoms with E-state index in [1.807, 2.05) is 4.90 Å². The maximum Gasteiger partial charge on any atom is 0.246 e. The molecule has 1 fully saturated rings. The van der Waals surface area contributed by atoms with Crippen LogP contribution in [0, 0.1) is 5.82 Å². The van der Waals surface area contributed by atoms with Gasteiger partial charge in [-0.25, -0.2) is 4.39 Å². The Kier molecular flexibility index (Phi) is 3.43. The summed E-state index contributed by atoms with van der Waals surface area (Å²) in [6.45, 7) is 0.512. The fourth-order valence-corrected chi connectivity index (χ4v) is 2.07. The molecule has 0 saturated carbocycles. The zero-order valence-corrected chi connectivity index (χ0v) is 10.4. The van der Waals surface area contributed by atoms with Gasteiger partial charge in [-0.2, -0.15) is 0 Å². The predicted octanol–water partition coefficient (Wildman–Crippen LogP) is 1.01. The van der Waals surface area contributed by atoms with E-state index in [1.54, 1.807) is 19.2 Å². The second-order valence-electron chi connectivity index (χ2n) is 4.55. The van der Waals surface area contributed by atoms with Gasteiger partial charge in [-0.05, 0) is 24.7 Å². The van der Waals surface area contributed by atoms with E-state index in [-0.39, 0.29) is 24.1 Å². The molecule has 0 spiro atoms. The molecule has 1 saturated heterocycles. The van der Waals surface area contributed by atoms with Crippen molar-refractivity contribution in [2.75, 3.05) is 14.1 Å². The number of amides is 2. The SMILES string of the molecule is CN1C(=O)CC(N(C)Cc2ccc(F)cc2)C1=O. The van der Waals surface area contributed by atoms with Crippen LogP contribution in [0.1, 0.15) is 12.0 Å². The van der Waals surface area contributed by atoms with Crippen LogP contribution >= 0.6 is 0 Å². The Labute approximate surface area is 105 Å². The Bertz CT molecular complexity index is 472. The first-order valence-electron chi connectivity index (χ1n) is 5.74. The molecule has 1 unspecified atom stereocenters. The zero-order chi connectivity index (χ0) is 13.3. The third kappa shape index (κ3) is 2.41. The summed E-state index contributed by atoms with van der Waals surface area (Å²) in [6.07, 6.45) is 0.215. The summed E-state index contributed by atoms with van der Waals surface area (Å²) in [5.74, 6) is -0.617. The number of carbonyl (C=O) groups excluding carboxylic acids is 2. The van der Waals surface area contributed by atoms with Crippen LogP contribution in [0.3, 0.4) is 0 Å². The summed E-state index contributed by atoms with van der Waals surface area (Å²) in [4.78, 5) is 26.2. The van der Waals surface area contributed by atoms with Gasteiger partial charge in [0.05, 0.1) is 12.5 Å². The summed E-state index contributed by atoms with van der Waals surface area (Å²) in [5, 5.41) is 0. The van der Waals surface area contributed by atoms with Crippen LogP contribution in [0.5, 0.6) is 0 Å². The lowest BCUT2D eigenvalue weighted by Gasteiger charge is -2.22. The normalized spacial score (nSPS) is 20.0. The number of likely N-dealkylation sites (tertiary alicyclic amines) is 1. The molecule has 4 nitrogen and oxygen atoms in total. The first-order chi connectivity index (χ1) is 8.49. The van der Waals surface area contributed by atoms with E-state index in [1.165, 1.54) is 19.2 Å². The average molecular weight is 250 g/mol. The molecule has 1 aromatic carbocycles. The summed E-state index contributed by atoms with van der Waals surface area (Å²) in [5.41, 5.74) is 0.911. The van der Waals surface area contributed by atoms with Crippen LogP contribution in [-0.2, 0) is 16.1 Å². The molecule has 0 radical (unpaired) electrons. The second kappa shape index (κ2) is 4.86. The van der Waals surface area contributed by atoms with Crippen molar-refractivity contribution < 1.29 is 14.0 Å². The number of carbonyl (C=O) groups is 2. The molecular weight excluding hydrogens is 235 g/mol. The summed E-state index contributed by atoms with van der Waals surface area (Å²) in [6, 6.07) is 5.72. The molecule has 0 aliphatic carbocycles. The van der Waals surface area contributed by atoms with Gasteiger partial charge in [0.15, 0.2) is 0 Å². The molecule has 2 rings (SSSR count). The van der Waals surface area contributed by atoms with Crippen molar-refractivity contribution in [3.05, 3.63) is 35.6 Å². The third-order valence-corrected chi connectivity index (χ3v) is 3.24. The Morgan fingerprint density at radius 1 is 1.33 bits per heavy atom. The van der Waals surface area contributed by atoms with E-state index in [9.17, 15) is 14.0 Å². The van der Waals surface area contributed by atoms with Crippen molar-refractivity contribution in [3.8, 4) is 0 Å². The van der Waals surface area contributed by atoms with E-state index in [2.05, 4.69) is 0 Å². The lowest BCUT2D eigenvalue weighted by Crippen LogP contribution is -2.38. The molecule has 0 bridgehead atoms. The fourth-order valence-electron chi connectivity index (χ4n) is 2.07. The van der Waals surface area contributed by atoms with Gasteiger partial charge in [0.25, 0.3) is 0 Å². The Balaban J connectivity index is 2.04. The highest BCUT2D eigenvalue weighted by atomic mass is 19.1. The van der Waals surface area contributed by atoms with Crippen molar-refractivity contribution in [1.82, 2.24) is 9.80 Å². The second-order valence-corrected chi connectivity index (χ2v) is 4.55. The molecule has 1 aromatic rings. The van der Waals surface area contributed by atoms with Crippen LogP contribution in [0.2, 0.25) is 0 Å². The van der Waals surface area contributed by atoms with Gasteiger partial charge >= 0.3 is 0 Å². The first kappa shape index (κ1) is 12.7. The standard InChI is InChI=1S/C13H15FN2O2/c1-15(8-9-3-5-10(14)6-4-9)11-7-12(17)16(2)13(11)18/h3-6,11H,7-8H2,1-2H3. The van der Waals surface area contributed by atoms with Crippen molar-refractivity contribution in [2.24, 2.45) is 0 Å². The van der Waals surface area contributed by atoms with Crippen molar-refractivity contribution in [1.29, 1.82) is 0 Å². The minimum absolute atomic E-state index is 0.157. The van der Waals surface area contributed by atoms with Crippen molar-refractivity contribution in [2.45, 2.75) is 19.0 Å². The molecule has 1 atom stereocenters. The van der Waals surface area contributed by atoms with Crippen molar-refractivity contribution >= 4 is 11.8 Å². The number of likely N-dealkylation sites (N-methyl/N-ethyl adjacent to an activating group) is 2. The quantitative estimate of drug-likeness (QED) is 0.752. The molecule has 5 heteroatoms. The highest BCUT2D eigenvalue weighted by Gasteiger charge is 2.38. The van der Waals surface area contributed by atoms with Gasteiger partial charge in [-0.1, -0.05) is 12.1 Å². The molecule has 18 heavy (non-hydrogen) atoms. The lowest BCUT2D eigenvalue weighted by molar-refractivity contribution is -0.137. The Morgan fingerprint density at radius 3 is 2.44 bits per heavy atom. The van der Waals surface area contributed by atoms with Crippen LogP contribution in [0.4, 0.5) is 4.39 Å². The smallest absolute Gasteiger partial charge is 0.246 e. The monoisotopic (exact) mass is 250 g/mol. The minimum atomic E-state index is -0.410. The van der Waals surface area contributed by atoms with Gasteiger partial charge in [-0.15, -0.1) is 0 Å². The van der Waals surface area contributed by atoms with Crippen molar-refractivity contribution in [3.63, 3.8) is 0 Å². The maximum absolute atomic E-state index is 12.8. The van der Waals surface area contributed by atoms with Crippen LogP contribution < -0.4 is 0 Å². The topological polar surface area (TPSA) is 40.6 Å². The molecule has 96 valence electrons. The van der Waals surface area contributed by atoms with E-state index in [0.29, 0.717) is 6.54 Å². The predicted molar refractivity (Wildman–Crippen MR) is 64.0 cm³/mol. The van der Waals surface area contributed by atoms with E-state index in [0.717, 1.165) is 10.5 Å². The Hall–Kier alpha value is -1.75. The van der Waals surface area contributed by atoms with Gasteiger partial charge < -0.3 is 0 Å². The maximum atomic E-state index is 12.8. The summed E-state index contributed by atoms with van der Waals surface area (Å²) < 4.78 is 12.8. The number of nitrogens with zero attached hydrogens (tertiary/aromatic N) is 2. The largest absolute Gasteiger partial charge is 0.290 e. The minimum Gasteiger partial charge on any atom is -0.290 e. The van der Waals surface area contributed by atoms with E-state index in [4.69, 9.17) is 0 Å². The Morgan fingerprint density at radius 2 is 1.94 bits per heavy atom. The third-order valence-electron chi connectivity index (χ3n) is 3.24. The fraction of sp³-hybridized carbons (Fsp3) is 0.385. The summed E-state index contributed by atoms with van der Waals surface area (Å²) in [7, 11) is 3.29. The zero-order valence-electron chi connectivity index (χ0n) is 10.4. The van der Waals surface area contributed by atoms with Gasteiger partial charge in [0.1, 0.15) is 5.82 Å². The van der Waals surface area contributed by atoms with E-state index >= 15 is 0 Å². The first-order valence-corrected chi connectivity index (χ1v) is 5.74. The van der Waals surface area contributed by atoms with Gasteiger partial charge in [-0.3, -0.25) is 19.4 Å². The molecule has 1 heterocycles. The number of halogens is 1. The number of benzene rings is 1. The lowest BCUT2D eigenvalue weighted by atomic mass is 10.1. The molecule has 1 aliphatic heterocycles. The van der Waals surface area contributed by atoms with Gasteiger partial charge in [0, 0.05) is 13.6 Å².